The summed E-state index contributed by atoms with van der Waals surface area (Å²) < 4.78 is 1.74. The monoisotopic (exact) mass is 252 g/mol. The Kier molecular flexibility index (Phi) is 5.85. The first-order chi connectivity index (χ1) is 8.51. The number of amides is 1. The van der Waals surface area contributed by atoms with Gasteiger partial charge in [0, 0.05) is 32.3 Å². The first kappa shape index (κ1) is 14.7. The van der Waals surface area contributed by atoms with E-state index in [-0.39, 0.29) is 11.9 Å². The van der Waals surface area contributed by atoms with Gasteiger partial charge in [0.1, 0.15) is 0 Å². The summed E-state index contributed by atoms with van der Waals surface area (Å²) in [7, 11) is 1.87. The summed E-state index contributed by atoms with van der Waals surface area (Å²) in [6.07, 6.45) is 5.86. The van der Waals surface area contributed by atoms with Crippen molar-refractivity contribution in [3.63, 3.8) is 0 Å². The topological polar surface area (TPSA) is 72.9 Å². The molecule has 5 nitrogen and oxygen atoms in total. The number of carbonyl (C=O) groups is 1. The zero-order chi connectivity index (χ0) is 13.5. The zero-order valence-corrected chi connectivity index (χ0v) is 11.5. The molecule has 1 amide bonds. The molecule has 102 valence electrons. The van der Waals surface area contributed by atoms with Crippen molar-refractivity contribution in [3.8, 4) is 0 Å². The van der Waals surface area contributed by atoms with E-state index in [9.17, 15) is 4.79 Å². The van der Waals surface area contributed by atoms with Crippen molar-refractivity contribution in [3.05, 3.63) is 18.0 Å². The van der Waals surface area contributed by atoms with Gasteiger partial charge in [0.25, 0.3) is 0 Å². The minimum atomic E-state index is 0.0648. The van der Waals surface area contributed by atoms with Crippen LogP contribution in [0.1, 0.15) is 32.3 Å². The zero-order valence-electron chi connectivity index (χ0n) is 11.5. The van der Waals surface area contributed by atoms with Gasteiger partial charge < -0.3 is 11.1 Å². The maximum absolute atomic E-state index is 11.8. The van der Waals surface area contributed by atoms with E-state index < -0.39 is 0 Å². The number of hydrogen-bond donors (Lipinski definition) is 2. The number of nitrogens with two attached hydrogens (primary N) is 1. The maximum atomic E-state index is 11.8. The predicted octanol–water partition coefficient (Wildman–Crippen LogP) is 0.842. The molecule has 1 unspecified atom stereocenters. The average molecular weight is 252 g/mol. The van der Waals surface area contributed by atoms with E-state index in [1.165, 1.54) is 0 Å². The Morgan fingerprint density at radius 3 is 2.78 bits per heavy atom. The molecule has 0 saturated heterocycles. The SMILES string of the molecule is CC(C)CC(CN)NC(=O)CCc1cnn(C)c1. The lowest BCUT2D eigenvalue weighted by Crippen LogP contribution is -2.41. The van der Waals surface area contributed by atoms with Crippen molar-refractivity contribution < 1.29 is 4.79 Å². The number of aromatic nitrogens is 2. The highest BCUT2D eigenvalue weighted by Crippen LogP contribution is 2.05. The molecule has 1 rings (SSSR count). The normalized spacial score (nSPS) is 12.7. The smallest absolute Gasteiger partial charge is 0.220 e. The fourth-order valence-electron chi connectivity index (χ4n) is 1.94. The summed E-state index contributed by atoms with van der Waals surface area (Å²) in [4.78, 5) is 11.8. The van der Waals surface area contributed by atoms with Crippen molar-refractivity contribution in [1.29, 1.82) is 0 Å². The van der Waals surface area contributed by atoms with Crippen molar-refractivity contribution in [2.75, 3.05) is 6.54 Å². The van der Waals surface area contributed by atoms with Gasteiger partial charge in [-0.1, -0.05) is 13.8 Å². The Morgan fingerprint density at radius 1 is 1.56 bits per heavy atom. The Morgan fingerprint density at radius 2 is 2.28 bits per heavy atom. The van der Waals surface area contributed by atoms with Crippen molar-refractivity contribution in [1.82, 2.24) is 15.1 Å². The molecule has 0 aliphatic carbocycles. The molecule has 1 aromatic heterocycles. The standard InChI is InChI=1S/C13H24N4O/c1-10(2)6-12(7-14)16-13(18)5-4-11-8-15-17(3)9-11/h8-10,12H,4-7,14H2,1-3H3,(H,16,18). The van der Waals surface area contributed by atoms with Crippen molar-refractivity contribution in [2.45, 2.75) is 39.2 Å². The molecule has 0 spiro atoms. The molecule has 0 aliphatic rings. The summed E-state index contributed by atoms with van der Waals surface area (Å²) in [5.74, 6) is 0.604. The Bertz CT molecular complexity index is 373. The number of rotatable bonds is 7. The predicted molar refractivity (Wildman–Crippen MR) is 72.0 cm³/mol. The third-order valence-corrected chi connectivity index (χ3v) is 2.80. The number of carbonyl (C=O) groups excluding carboxylic acids is 1. The minimum Gasteiger partial charge on any atom is -0.352 e. The molecule has 1 aromatic rings. The van der Waals surface area contributed by atoms with Crippen LogP contribution < -0.4 is 11.1 Å². The highest BCUT2D eigenvalue weighted by Gasteiger charge is 2.12. The van der Waals surface area contributed by atoms with Crippen LogP contribution in [-0.4, -0.2) is 28.3 Å². The molecular weight excluding hydrogens is 228 g/mol. The summed E-state index contributed by atoms with van der Waals surface area (Å²) >= 11 is 0. The highest BCUT2D eigenvalue weighted by atomic mass is 16.1. The van der Waals surface area contributed by atoms with Crippen LogP contribution in [0.5, 0.6) is 0 Å². The Labute approximate surface area is 109 Å². The van der Waals surface area contributed by atoms with Gasteiger partial charge in [-0.15, -0.1) is 0 Å². The summed E-state index contributed by atoms with van der Waals surface area (Å²) in [6, 6.07) is 0.0893. The first-order valence-electron chi connectivity index (χ1n) is 6.48. The summed E-state index contributed by atoms with van der Waals surface area (Å²) in [5, 5.41) is 7.06. The second kappa shape index (κ2) is 7.16. The van der Waals surface area contributed by atoms with Crippen LogP contribution in [-0.2, 0) is 18.3 Å². The molecule has 5 heteroatoms. The molecule has 18 heavy (non-hydrogen) atoms. The fraction of sp³-hybridized carbons (Fsp3) is 0.692. The lowest BCUT2D eigenvalue weighted by atomic mass is 10.0. The van der Waals surface area contributed by atoms with E-state index in [1.807, 2.05) is 13.2 Å². The molecular formula is C13H24N4O. The van der Waals surface area contributed by atoms with Gasteiger partial charge in [0.05, 0.1) is 6.20 Å². The van der Waals surface area contributed by atoms with Gasteiger partial charge in [0.15, 0.2) is 0 Å². The number of aryl methyl sites for hydroxylation is 2. The molecule has 0 saturated carbocycles. The van der Waals surface area contributed by atoms with E-state index in [0.29, 0.717) is 18.9 Å². The molecule has 1 atom stereocenters. The van der Waals surface area contributed by atoms with Crippen LogP contribution in [0.25, 0.3) is 0 Å². The molecule has 1 heterocycles. The molecule has 0 bridgehead atoms. The van der Waals surface area contributed by atoms with Gasteiger partial charge in [-0.3, -0.25) is 9.48 Å². The molecule has 0 fully saturated rings. The quantitative estimate of drug-likeness (QED) is 0.755. The Hall–Kier alpha value is -1.36. The van der Waals surface area contributed by atoms with Gasteiger partial charge in [0.2, 0.25) is 5.91 Å². The van der Waals surface area contributed by atoms with Gasteiger partial charge >= 0.3 is 0 Å². The van der Waals surface area contributed by atoms with E-state index in [1.54, 1.807) is 10.9 Å². The number of nitrogens with zero attached hydrogens (tertiary/aromatic N) is 2. The lowest BCUT2D eigenvalue weighted by molar-refractivity contribution is -0.121. The molecule has 3 N–H and O–H groups in total. The molecule has 0 radical (unpaired) electrons. The van der Waals surface area contributed by atoms with Gasteiger partial charge in [-0.2, -0.15) is 5.10 Å². The van der Waals surface area contributed by atoms with E-state index in [2.05, 4.69) is 24.3 Å². The van der Waals surface area contributed by atoms with Gasteiger partial charge in [-0.25, -0.2) is 0 Å². The van der Waals surface area contributed by atoms with E-state index in [4.69, 9.17) is 5.73 Å². The fourth-order valence-corrected chi connectivity index (χ4v) is 1.94. The minimum absolute atomic E-state index is 0.0648. The Balaban J connectivity index is 2.32. The van der Waals surface area contributed by atoms with Crippen LogP contribution in [0.4, 0.5) is 0 Å². The number of hydrogen-bond acceptors (Lipinski definition) is 3. The van der Waals surface area contributed by atoms with Crippen molar-refractivity contribution >= 4 is 5.91 Å². The molecule has 0 aromatic carbocycles. The van der Waals surface area contributed by atoms with Crippen LogP contribution >= 0.6 is 0 Å². The first-order valence-corrected chi connectivity index (χ1v) is 6.48. The summed E-state index contributed by atoms with van der Waals surface area (Å²) in [5.41, 5.74) is 6.74. The van der Waals surface area contributed by atoms with Crippen molar-refractivity contribution in [2.24, 2.45) is 18.7 Å². The number of nitrogens with one attached hydrogen (secondary N) is 1. The third kappa shape index (κ3) is 5.31. The third-order valence-electron chi connectivity index (χ3n) is 2.80. The second-order valence-corrected chi connectivity index (χ2v) is 5.15. The summed E-state index contributed by atoms with van der Waals surface area (Å²) in [6.45, 7) is 4.76. The van der Waals surface area contributed by atoms with Crippen LogP contribution in [0, 0.1) is 5.92 Å². The average Bonchev–Trinajstić information content (AvgIpc) is 2.71. The molecule has 0 aliphatic heterocycles. The van der Waals surface area contributed by atoms with Crippen LogP contribution in [0.15, 0.2) is 12.4 Å². The van der Waals surface area contributed by atoms with Crippen LogP contribution in [0.3, 0.4) is 0 Å². The van der Waals surface area contributed by atoms with Crippen LogP contribution in [0.2, 0.25) is 0 Å². The second-order valence-electron chi connectivity index (χ2n) is 5.15. The van der Waals surface area contributed by atoms with Gasteiger partial charge in [-0.05, 0) is 24.3 Å². The maximum Gasteiger partial charge on any atom is 0.220 e. The highest BCUT2D eigenvalue weighted by molar-refractivity contribution is 5.76. The van der Waals surface area contributed by atoms with E-state index >= 15 is 0 Å². The van der Waals surface area contributed by atoms with E-state index in [0.717, 1.165) is 18.4 Å². The lowest BCUT2D eigenvalue weighted by Gasteiger charge is -2.18. The largest absolute Gasteiger partial charge is 0.352 e.